The molecule has 0 radical (unpaired) electrons. The summed E-state index contributed by atoms with van der Waals surface area (Å²) in [5.74, 6) is 0.486. The van der Waals surface area contributed by atoms with Crippen LogP contribution in [0.2, 0.25) is 0 Å². The molecular formula is C15H22FNO. The van der Waals surface area contributed by atoms with Gasteiger partial charge in [0.05, 0.1) is 11.8 Å². The van der Waals surface area contributed by atoms with Crippen molar-refractivity contribution in [2.75, 3.05) is 18.0 Å². The van der Waals surface area contributed by atoms with Crippen LogP contribution in [0.4, 0.5) is 10.1 Å². The van der Waals surface area contributed by atoms with Gasteiger partial charge in [0.25, 0.3) is 0 Å². The summed E-state index contributed by atoms with van der Waals surface area (Å²) >= 11 is 0. The molecule has 1 aromatic rings. The molecule has 2 rings (SSSR count). The molecule has 1 aliphatic rings. The molecule has 0 aliphatic carbocycles. The molecule has 0 aromatic heterocycles. The van der Waals surface area contributed by atoms with Gasteiger partial charge < -0.3 is 10.0 Å². The van der Waals surface area contributed by atoms with Crippen molar-refractivity contribution in [2.45, 2.75) is 39.2 Å². The Kier molecular flexibility index (Phi) is 4.23. The zero-order valence-electron chi connectivity index (χ0n) is 11.2. The first kappa shape index (κ1) is 13.3. The van der Waals surface area contributed by atoms with E-state index in [1.165, 1.54) is 12.5 Å². The number of halogens is 1. The van der Waals surface area contributed by atoms with Crippen molar-refractivity contribution in [1.29, 1.82) is 0 Å². The molecule has 1 fully saturated rings. The highest BCUT2D eigenvalue weighted by Crippen LogP contribution is 2.31. The normalized spacial score (nSPS) is 22.7. The monoisotopic (exact) mass is 251 g/mol. The first-order valence-electron chi connectivity index (χ1n) is 6.81. The highest BCUT2D eigenvalue weighted by molar-refractivity contribution is 5.55. The lowest BCUT2D eigenvalue weighted by Gasteiger charge is -2.27. The van der Waals surface area contributed by atoms with E-state index in [1.807, 2.05) is 6.07 Å². The molecule has 18 heavy (non-hydrogen) atoms. The van der Waals surface area contributed by atoms with Crippen molar-refractivity contribution >= 4 is 5.69 Å². The third-order valence-corrected chi connectivity index (χ3v) is 3.80. The Morgan fingerprint density at radius 2 is 2.11 bits per heavy atom. The second-order valence-corrected chi connectivity index (χ2v) is 5.38. The summed E-state index contributed by atoms with van der Waals surface area (Å²) in [6.07, 6.45) is 2.76. The molecule has 2 unspecified atom stereocenters. The van der Waals surface area contributed by atoms with Crippen LogP contribution in [-0.4, -0.2) is 18.2 Å². The molecule has 3 heteroatoms. The van der Waals surface area contributed by atoms with Crippen LogP contribution in [0.15, 0.2) is 18.2 Å². The minimum atomic E-state index is -0.628. The fraction of sp³-hybridized carbons (Fsp3) is 0.600. The number of hydrogen-bond acceptors (Lipinski definition) is 2. The summed E-state index contributed by atoms with van der Waals surface area (Å²) in [5.41, 5.74) is 1.30. The van der Waals surface area contributed by atoms with E-state index >= 15 is 0 Å². The van der Waals surface area contributed by atoms with Crippen LogP contribution in [0, 0.1) is 11.7 Å². The fourth-order valence-corrected chi connectivity index (χ4v) is 2.69. The van der Waals surface area contributed by atoms with Crippen molar-refractivity contribution in [2.24, 2.45) is 5.92 Å². The van der Waals surface area contributed by atoms with Crippen LogP contribution < -0.4 is 4.90 Å². The summed E-state index contributed by atoms with van der Waals surface area (Å²) in [6, 6.07) is 4.97. The van der Waals surface area contributed by atoms with Crippen LogP contribution in [0.5, 0.6) is 0 Å². The Morgan fingerprint density at radius 3 is 2.83 bits per heavy atom. The van der Waals surface area contributed by atoms with Crippen LogP contribution >= 0.6 is 0 Å². The number of hydrogen-bond donors (Lipinski definition) is 1. The minimum absolute atomic E-state index is 0.219. The molecule has 0 amide bonds. The van der Waals surface area contributed by atoms with Gasteiger partial charge in [-0.2, -0.15) is 0 Å². The Hall–Kier alpha value is -1.09. The lowest BCUT2D eigenvalue weighted by Crippen LogP contribution is -2.26. The van der Waals surface area contributed by atoms with Crippen LogP contribution in [0.1, 0.15) is 44.8 Å². The third-order valence-electron chi connectivity index (χ3n) is 3.80. The molecule has 1 saturated heterocycles. The summed E-state index contributed by atoms with van der Waals surface area (Å²) in [7, 11) is 0. The quantitative estimate of drug-likeness (QED) is 0.869. The maximum Gasteiger partial charge on any atom is 0.146 e. The number of anilines is 1. The molecule has 1 N–H and O–H groups in total. The first-order chi connectivity index (χ1) is 8.59. The topological polar surface area (TPSA) is 23.5 Å². The van der Waals surface area contributed by atoms with Gasteiger partial charge in [0.15, 0.2) is 0 Å². The van der Waals surface area contributed by atoms with Crippen molar-refractivity contribution in [3.05, 3.63) is 29.6 Å². The zero-order chi connectivity index (χ0) is 13.1. The van der Waals surface area contributed by atoms with Crippen molar-refractivity contribution in [1.82, 2.24) is 0 Å². The molecule has 0 saturated carbocycles. The van der Waals surface area contributed by atoms with Gasteiger partial charge >= 0.3 is 0 Å². The average Bonchev–Trinajstić information content (AvgIpc) is 2.53. The number of aliphatic hydroxyl groups excluding tert-OH is 1. The highest BCUT2D eigenvalue weighted by atomic mass is 19.1. The smallest absolute Gasteiger partial charge is 0.146 e. The SMILES string of the molecule is CC1CCCN(c2c(F)cccc2C(C)O)CC1. The first-order valence-corrected chi connectivity index (χ1v) is 6.81. The van der Waals surface area contributed by atoms with Gasteiger partial charge in [-0.15, -0.1) is 0 Å². The second kappa shape index (κ2) is 5.70. The Balaban J connectivity index is 2.31. The number of aliphatic hydroxyl groups is 1. The Morgan fingerprint density at radius 1 is 1.33 bits per heavy atom. The van der Waals surface area contributed by atoms with Gasteiger partial charge in [-0.25, -0.2) is 4.39 Å². The number of nitrogens with zero attached hydrogens (tertiary/aromatic N) is 1. The van der Waals surface area contributed by atoms with E-state index in [2.05, 4.69) is 11.8 Å². The number of benzene rings is 1. The number of rotatable bonds is 2. The minimum Gasteiger partial charge on any atom is -0.389 e. The van der Waals surface area contributed by atoms with E-state index in [0.29, 0.717) is 17.2 Å². The average molecular weight is 251 g/mol. The van der Waals surface area contributed by atoms with Gasteiger partial charge in [0.1, 0.15) is 5.82 Å². The van der Waals surface area contributed by atoms with E-state index in [-0.39, 0.29) is 5.82 Å². The highest BCUT2D eigenvalue weighted by Gasteiger charge is 2.21. The Labute approximate surface area is 108 Å². The van der Waals surface area contributed by atoms with Gasteiger partial charge in [-0.05, 0) is 38.2 Å². The zero-order valence-corrected chi connectivity index (χ0v) is 11.2. The predicted octanol–water partition coefficient (Wildman–Crippen LogP) is 3.51. The van der Waals surface area contributed by atoms with Gasteiger partial charge in [-0.3, -0.25) is 0 Å². The fourth-order valence-electron chi connectivity index (χ4n) is 2.69. The molecule has 0 spiro atoms. The van der Waals surface area contributed by atoms with Crippen molar-refractivity contribution in [3.63, 3.8) is 0 Å². The molecule has 2 nitrogen and oxygen atoms in total. The third kappa shape index (κ3) is 2.83. The molecule has 0 bridgehead atoms. The van der Waals surface area contributed by atoms with Crippen LogP contribution in [0.25, 0.3) is 0 Å². The summed E-state index contributed by atoms with van der Waals surface area (Å²) in [6.45, 7) is 5.70. The van der Waals surface area contributed by atoms with E-state index < -0.39 is 6.10 Å². The second-order valence-electron chi connectivity index (χ2n) is 5.38. The molecule has 2 atom stereocenters. The van der Waals surface area contributed by atoms with E-state index in [4.69, 9.17) is 0 Å². The van der Waals surface area contributed by atoms with Gasteiger partial charge in [-0.1, -0.05) is 19.1 Å². The molecule has 1 aliphatic heterocycles. The van der Waals surface area contributed by atoms with Gasteiger partial charge in [0, 0.05) is 18.7 Å². The largest absolute Gasteiger partial charge is 0.389 e. The molecule has 1 aromatic carbocycles. The summed E-state index contributed by atoms with van der Waals surface area (Å²) in [4.78, 5) is 2.10. The predicted molar refractivity (Wildman–Crippen MR) is 72.3 cm³/mol. The standard InChI is InChI=1S/C15H22FNO/c1-11-5-4-9-17(10-8-11)15-13(12(2)18)6-3-7-14(15)16/h3,6-7,11-12,18H,4-5,8-10H2,1-2H3. The Bertz CT molecular complexity index is 405. The van der Waals surface area contributed by atoms with E-state index in [0.717, 1.165) is 25.9 Å². The maximum atomic E-state index is 14.1. The lowest BCUT2D eigenvalue weighted by molar-refractivity contribution is 0.199. The van der Waals surface area contributed by atoms with E-state index in [9.17, 15) is 9.50 Å². The lowest BCUT2D eigenvalue weighted by atomic mass is 10.0. The summed E-state index contributed by atoms with van der Waals surface area (Å²) in [5, 5.41) is 9.79. The van der Waals surface area contributed by atoms with Crippen molar-refractivity contribution < 1.29 is 9.50 Å². The molecule has 100 valence electrons. The maximum absolute atomic E-state index is 14.1. The van der Waals surface area contributed by atoms with Gasteiger partial charge in [0.2, 0.25) is 0 Å². The number of para-hydroxylation sites is 1. The van der Waals surface area contributed by atoms with Crippen LogP contribution in [-0.2, 0) is 0 Å². The molecule has 1 heterocycles. The van der Waals surface area contributed by atoms with Crippen LogP contribution in [0.3, 0.4) is 0 Å². The summed E-state index contributed by atoms with van der Waals surface area (Å²) < 4.78 is 14.1. The van der Waals surface area contributed by atoms with E-state index in [1.54, 1.807) is 13.0 Å². The molecular weight excluding hydrogens is 229 g/mol. The van der Waals surface area contributed by atoms with Crippen molar-refractivity contribution in [3.8, 4) is 0 Å².